The molecule has 1 aromatic rings. The largest absolute Gasteiger partial charge is 0.355 e. The number of hydrogen-bond donors (Lipinski definition) is 2. The number of carbonyl (C=O) groups is 2. The van der Waals surface area contributed by atoms with Gasteiger partial charge in [-0.3, -0.25) is 14.5 Å². The highest BCUT2D eigenvalue weighted by atomic mass is 19.1. The Hall–Kier alpha value is -1.99. The molecular formula is C19H29FN4O2. The molecule has 0 saturated carbocycles. The molecule has 26 heavy (non-hydrogen) atoms. The van der Waals surface area contributed by atoms with Crippen molar-refractivity contribution in [3.05, 3.63) is 30.1 Å². The summed E-state index contributed by atoms with van der Waals surface area (Å²) in [6.07, 6.45) is 2.46. The maximum absolute atomic E-state index is 13.1. The zero-order chi connectivity index (χ0) is 18.8. The van der Waals surface area contributed by atoms with E-state index < -0.39 is 0 Å². The number of rotatable bonds is 9. The quantitative estimate of drug-likeness (QED) is 0.655. The molecule has 1 aliphatic rings. The van der Waals surface area contributed by atoms with E-state index in [9.17, 15) is 14.0 Å². The van der Waals surface area contributed by atoms with Crippen LogP contribution in [0.3, 0.4) is 0 Å². The first kappa shape index (κ1) is 20.3. The van der Waals surface area contributed by atoms with Crippen molar-refractivity contribution in [1.82, 2.24) is 15.1 Å². The molecule has 0 bridgehead atoms. The van der Waals surface area contributed by atoms with E-state index in [0.717, 1.165) is 45.6 Å². The second-order valence-electron chi connectivity index (χ2n) is 6.63. The van der Waals surface area contributed by atoms with Crippen LogP contribution in [0.25, 0.3) is 0 Å². The first-order chi connectivity index (χ1) is 12.6. The van der Waals surface area contributed by atoms with Crippen molar-refractivity contribution in [2.24, 2.45) is 0 Å². The topological polar surface area (TPSA) is 64.7 Å². The van der Waals surface area contributed by atoms with Crippen LogP contribution in [-0.4, -0.2) is 67.4 Å². The molecule has 0 unspecified atom stereocenters. The molecule has 1 fully saturated rings. The first-order valence-corrected chi connectivity index (χ1v) is 9.33. The van der Waals surface area contributed by atoms with Gasteiger partial charge in [0.1, 0.15) is 5.82 Å². The fourth-order valence-electron chi connectivity index (χ4n) is 2.88. The van der Waals surface area contributed by atoms with Crippen molar-refractivity contribution in [2.75, 3.05) is 51.1 Å². The monoisotopic (exact) mass is 364 g/mol. The molecule has 0 aromatic heterocycles. The van der Waals surface area contributed by atoms with Crippen molar-refractivity contribution in [1.29, 1.82) is 0 Å². The molecule has 7 heteroatoms. The molecule has 2 amide bonds. The minimum Gasteiger partial charge on any atom is -0.355 e. The van der Waals surface area contributed by atoms with E-state index in [2.05, 4.69) is 27.4 Å². The van der Waals surface area contributed by atoms with Gasteiger partial charge in [-0.2, -0.15) is 0 Å². The summed E-state index contributed by atoms with van der Waals surface area (Å²) in [7, 11) is 0. The van der Waals surface area contributed by atoms with Crippen LogP contribution >= 0.6 is 0 Å². The third kappa shape index (κ3) is 7.49. The van der Waals surface area contributed by atoms with Crippen LogP contribution in [0.2, 0.25) is 0 Å². The molecule has 2 rings (SSSR count). The zero-order valence-corrected chi connectivity index (χ0v) is 15.5. The normalized spacial score (nSPS) is 15.6. The van der Waals surface area contributed by atoms with Gasteiger partial charge in [0.2, 0.25) is 11.8 Å². The van der Waals surface area contributed by atoms with Crippen LogP contribution in [0.15, 0.2) is 24.3 Å². The second kappa shape index (κ2) is 10.9. The van der Waals surface area contributed by atoms with Crippen molar-refractivity contribution in [2.45, 2.75) is 26.2 Å². The molecule has 2 N–H and O–H groups in total. The Labute approximate surface area is 154 Å². The summed E-state index contributed by atoms with van der Waals surface area (Å²) in [6.45, 7) is 7.29. The van der Waals surface area contributed by atoms with E-state index in [4.69, 9.17) is 0 Å². The summed E-state index contributed by atoms with van der Waals surface area (Å²) in [4.78, 5) is 28.2. The minimum atomic E-state index is -0.363. The maximum atomic E-state index is 13.1. The number of piperazine rings is 1. The Balaban J connectivity index is 1.61. The van der Waals surface area contributed by atoms with E-state index in [0.29, 0.717) is 25.2 Å². The average Bonchev–Trinajstić information content (AvgIpc) is 2.61. The predicted octanol–water partition coefficient (Wildman–Crippen LogP) is 1.69. The number of nitrogens with one attached hydrogen (secondary N) is 2. The lowest BCUT2D eigenvalue weighted by atomic mass is 10.2. The highest BCUT2D eigenvalue weighted by molar-refractivity contribution is 5.90. The number of benzene rings is 1. The summed E-state index contributed by atoms with van der Waals surface area (Å²) in [5, 5.41) is 5.65. The molecule has 144 valence electrons. The maximum Gasteiger partial charge on any atom is 0.234 e. The van der Waals surface area contributed by atoms with E-state index in [1.165, 1.54) is 12.1 Å². The predicted molar refractivity (Wildman–Crippen MR) is 100 cm³/mol. The lowest BCUT2D eigenvalue weighted by Gasteiger charge is -2.34. The number of amides is 2. The number of hydrogen-bond acceptors (Lipinski definition) is 4. The molecular weight excluding hydrogens is 335 g/mol. The SMILES string of the molecule is CCCCNC(=O)CN1CCN(CCC(=O)Nc2cccc(F)c2)CC1. The second-order valence-corrected chi connectivity index (χ2v) is 6.63. The Bertz CT molecular complexity index is 589. The lowest BCUT2D eigenvalue weighted by molar-refractivity contribution is -0.122. The molecule has 1 heterocycles. The summed E-state index contributed by atoms with van der Waals surface area (Å²) in [5.74, 6) is -0.396. The third-order valence-electron chi connectivity index (χ3n) is 4.45. The van der Waals surface area contributed by atoms with E-state index in [1.807, 2.05) is 0 Å². The lowest BCUT2D eigenvalue weighted by Crippen LogP contribution is -2.49. The fraction of sp³-hybridized carbons (Fsp3) is 0.579. The first-order valence-electron chi connectivity index (χ1n) is 9.33. The number of carbonyl (C=O) groups excluding carboxylic acids is 2. The van der Waals surface area contributed by atoms with Gasteiger partial charge in [-0.25, -0.2) is 4.39 Å². The zero-order valence-electron chi connectivity index (χ0n) is 15.5. The van der Waals surface area contributed by atoms with Crippen molar-refractivity contribution >= 4 is 17.5 Å². The minimum absolute atomic E-state index is 0.0846. The summed E-state index contributed by atoms with van der Waals surface area (Å²) < 4.78 is 13.1. The van der Waals surface area contributed by atoms with Crippen LogP contribution in [0.1, 0.15) is 26.2 Å². The van der Waals surface area contributed by atoms with Gasteiger partial charge in [0.05, 0.1) is 6.54 Å². The van der Waals surface area contributed by atoms with Crippen LogP contribution in [0.4, 0.5) is 10.1 Å². The number of unbranched alkanes of at least 4 members (excludes halogenated alkanes) is 1. The van der Waals surface area contributed by atoms with Gasteiger partial charge in [0, 0.05) is 51.4 Å². The van der Waals surface area contributed by atoms with Gasteiger partial charge in [-0.1, -0.05) is 19.4 Å². The number of halogens is 1. The Morgan fingerprint density at radius 2 is 1.85 bits per heavy atom. The van der Waals surface area contributed by atoms with Gasteiger partial charge in [0.25, 0.3) is 0 Å². The van der Waals surface area contributed by atoms with Crippen molar-refractivity contribution in [3.63, 3.8) is 0 Å². The van der Waals surface area contributed by atoms with Crippen LogP contribution < -0.4 is 10.6 Å². The Morgan fingerprint density at radius 3 is 2.54 bits per heavy atom. The third-order valence-corrected chi connectivity index (χ3v) is 4.45. The van der Waals surface area contributed by atoms with Gasteiger partial charge in [0.15, 0.2) is 0 Å². The summed E-state index contributed by atoms with van der Waals surface area (Å²) in [6, 6.07) is 5.90. The van der Waals surface area contributed by atoms with Gasteiger partial charge in [-0.15, -0.1) is 0 Å². The standard InChI is InChI=1S/C19H29FN4O2/c1-2-3-8-21-19(26)15-24-12-10-23(11-13-24)9-7-18(25)22-17-6-4-5-16(20)14-17/h4-6,14H,2-3,7-13,15H2,1H3,(H,21,26)(H,22,25). The molecule has 0 atom stereocenters. The van der Waals surface area contributed by atoms with Crippen molar-refractivity contribution < 1.29 is 14.0 Å². The van der Waals surface area contributed by atoms with E-state index in [-0.39, 0.29) is 17.6 Å². The molecule has 1 aliphatic heterocycles. The summed E-state index contributed by atoms with van der Waals surface area (Å²) in [5.41, 5.74) is 0.480. The number of nitrogens with zero attached hydrogens (tertiary/aromatic N) is 2. The highest BCUT2D eigenvalue weighted by Crippen LogP contribution is 2.10. The molecule has 0 radical (unpaired) electrons. The van der Waals surface area contributed by atoms with Crippen molar-refractivity contribution in [3.8, 4) is 0 Å². The fourth-order valence-corrected chi connectivity index (χ4v) is 2.88. The Morgan fingerprint density at radius 1 is 1.12 bits per heavy atom. The molecule has 0 spiro atoms. The molecule has 1 saturated heterocycles. The van der Waals surface area contributed by atoms with Gasteiger partial charge >= 0.3 is 0 Å². The number of anilines is 1. The van der Waals surface area contributed by atoms with Crippen LogP contribution in [0, 0.1) is 5.82 Å². The molecule has 1 aromatic carbocycles. The molecule has 6 nitrogen and oxygen atoms in total. The highest BCUT2D eigenvalue weighted by Gasteiger charge is 2.19. The molecule has 0 aliphatic carbocycles. The average molecular weight is 364 g/mol. The van der Waals surface area contributed by atoms with E-state index in [1.54, 1.807) is 12.1 Å². The van der Waals surface area contributed by atoms with Gasteiger partial charge < -0.3 is 15.5 Å². The Kier molecular flexibility index (Phi) is 8.50. The van der Waals surface area contributed by atoms with Crippen LogP contribution in [-0.2, 0) is 9.59 Å². The van der Waals surface area contributed by atoms with E-state index >= 15 is 0 Å². The van der Waals surface area contributed by atoms with Gasteiger partial charge in [-0.05, 0) is 24.6 Å². The smallest absolute Gasteiger partial charge is 0.234 e. The van der Waals surface area contributed by atoms with Crippen LogP contribution in [0.5, 0.6) is 0 Å². The summed E-state index contributed by atoms with van der Waals surface area (Å²) >= 11 is 0.